The lowest BCUT2D eigenvalue weighted by Crippen LogP contribution is -2.32. The third-order valence-corrected chi connectivity index (χ3v) is 5.94. The molecule has 0 radical (unpaired) electrons. The van der Waals surface area contributed by atoms with Gasteiger partial charge in [0.05, 0.1) is 11.5 Å². The fourth-order valence-electron chi connectivity index (χ4n) is 2.88. The van der Waals surface area contributed by atoms with Crippen LogP contribution in [0.3, 0.4) is 0 Å². The van der Waals surface area contributed by atoms with Gasteiger partial charge in [-0.15, -0.1) is 0 Å². The van der Waals surface area contributed by atoms with E-state index in [1.165, 1.54) is 11.1 Å². The lowest BCUT2D eigenvalue weighted by molar-refractivity contribution is 0.253. The number of nitrogens with one attached hydrogen (secondary N) is 1. The van der Waals surface area contributed by atoms with Gasteiger partial charge in [0.2, 0.25) is 0 Å². The summed E-state index contributed by atoms with van der Waals surface area (Å²) in [6, 6.07) is 8.63. The molecule has 0 amide bonds. The number of sulfone groups is 1. The van der Waals surface area contributed by atoms with Crippen LogP contribution in [0.15, 0.2) is 24.3 Å². The molecule has 118 valence electrons. The van der Waals surface area contributed by atoms with Gasteiger partial charge in [-0.3, -0.25) is 4.90 Å². The summed E-state index contributed by atoms with van der Waals surface area (Å²) in [4.78, 5) is 2.19. The molecule has 0 bridgehead atoms. The summed E-state index contributed by atoms with van der Waals surface area (Å²) in [7, 11) is -0.778. The van der Waals surface area contributed by atoms with E-state index in [9.17, 15) is 8.42 Å². The van der Waals surface area contributed by atoms with Gasteiger partial charge < -0.3 is 5.32 Å². The van der Waals surface area contributed by atoms with Crippen molar-refractivity contribution in [3.05, 3.63) is 35.4 Å². The van der Waals surface area contributed by atoms with Gasteiger partial charge in [0.15, 0.2) is 9.84 Å². The summed E-state index contributed by atoms with van der Waals surface area (Å²) in [6.07, 6.45) is 1.78. The van der Waals surface area contributed by atoms with Crippen molar-refractivity contribution in [2.45, 2.75) is 32.4 Å². The number of hydrogen-bond acceptors (Lipinski definition) is 4. The molecule has 1 saturated heterocycles. The van der Waals surface area contributed by atoms with Crippen LogP contribution in [0, 0.1) is 0 Å². The van der Waals surface area contributed by atoms with Crippen LogP contribution in [-0.2, 0) is 22.8 Å². The molecule has 1 unspecified atom stereocenters. The first-order valence-corrected chi connectivity index (χ1v) is 9.52. The Balaban J connectivity index is 1.98. The molecule has 4 nitrogen and oxygen atoms in total. The molecule has 1 N–H and O–H groups in total. The highest BCUT2D eigenvalue weighted by Crippen LogP contribution is 2.20. The average molecular weight is 310 g/mol. The molecule has 0 saturated carbocycles. The molecule has 2 rings (SSSR count). The van der Waals surface area contributed by atoms with Crippen molar-refractivity contribution < 1.29 is 8.42 Å². The molecule has 0 spiro atoms. The largest absolute Gasteiger partial charge is 0.317 e. The predicted octanol–water partition coefficient (Wildman–Crippen LogP) is 1.46. The van der Waals surface area contributed by atoms with E-state index in [-0.39, 0.29) is 6.04 Å². The quantitative estimate of drug-likeness (QED) is 0.775. The van der Waals surface area contributed by atoms with E-state index in [4.69, 9.17) is 0 Å². The summed E-state index contributed by atoms with van der Waals surface area (Å²) in [5, 5.41) is 3.35. The summed E-state index contributed by atoms with van der Waals surface area (Å²) >= 11 is 0. The first-order valence-electron chi connectivity index (χ1n) is 7.70. The fraction of sp³-hybridized carbons (Fsp3) is 0.625. The summed E-state index contributed by atoms with van der Waals surface area (Å²) in [5.41, 5.74) is 2.66. The van der Waals surface area contributed by atoms with Crippen molar-refractivity contribution in [2.24, 2.45) is 0 Å². The van der Waals surface area contributed by atoms with E-state index in [0.29, 0.717) is 11.5 Å². The normalized spacial score (nSPS) is 21.0. The second-order valence-electron chi connectivity index (χ2n) is 5.84. The first kappa shape index (κ1) is 16.5. The number of likely N-dealkylation sites (N-methyl/N-ethyl adjacent to an activating group) is 1. The van der Waals surface area contributed by atoms with Gasteiger partial charge in [0.25, 0.3) is 0 Å². The van der Waals surface area contributed by atoms with Crippen LogP contribution >= 0.6 is 0 Å². The Hall–Kier alpha value is -0.910. The second kappa shape index (κ2) is 7.38. The van der Waals surface area contributed by atoms with E-state index < -0.39 is 9.84 Å². The molecule has 1 aliphatic rings. The number of hydrogen-bond donors (Lipinski definition) is 1. The maximum atomic E-state index is 11.6. The monoisotopic (exact) mass is 310 g/mol. The zero-order valence-electron chi connectivity index (χ0n) is 13.0. The Morgan fingerprint density at radius 2 is 2.00 bits per heavy atom. The highest BCUT2D eigenvalue weighted by atomic mass is 32.2. The topological polar surface area (TPSA) is 49.4 Å². The Bertz CT molecular complexity index is 557. The molecule has 1 fully saturated rings. The summed E-state index contributed by atoms with van der Waals surface area (Å²) < 4.78 is 23.2. The van der Waals surface area contributed by atoms with Gasteiger partial charge >= 0.3 is 0 Å². The van der Waals surface area contributed by atoms with Gasteiger partial charge in [0.1, 0.15) is 0 Å². The minimum Gasteiger partial charge on any atom is -0.317 e. The smallest absolute Gasteiger partial charge is 0.151 e. The second-order valence-corrected chi connectivity index (χ2v) is 8.07. The molecule has 0 aromatic heterocycles. The number of nitrogens with zero attached hydrogens (tertiary/aromatic N) is 1. The van der Waals surface area contributed by atoms with Crippen molar-refractivity contribution in [3.8, 4) is 0 Å². The number of rotatable bonds is 7. The first-order chi connectivity index (χ1) is 10.0. The summed E-state index contributed by atoms with van der Waals surface area (Å²) in [5.74, 6) is 0.646. The van der Waals surface area contributed by atoms with Crippen molar-refractivity contribution in [1.29, 1.82) is 0 Å². The van der Waals surface area contributed by atoms with Crippen LogP contribution < -0.4 is 5.32 Å². The summed E-state index contributed by atoms with van der Waals surface area (Å²) in [6.45, 7) is 4.90. The predicted molar refractivity (Wildman–Crippen MR) is 87.2 cm³/mol. The third kappa shape index (κ3) is 4.80. The van der Waals surface area contributed by atoms with Gasteiger partial charge in [0, 0.05) is 12.6 Å². The van der Waals surface area contributed by atoms with Gasteiger partial charge in [-0.2, -0.15) is 0 Å². The SMILES string of the molecule is CCNCCc1ccccc1CN(C)C1CCS(=O)(=O)C1. The zero-order valence-corrected chi connectivity index (χ0v) is 13.8. The average Bonchev–Trinajstić information content (AvgIpc) is 2.81. The van der Waals surface area contributed by atoms with E-state index in [0.717, 1.165) is 32.5 Å². The Kier molecular flexibility index (Phi) is 5.79. The third-order valence-electron chi connectivity index (χ3n) is 4.19. The standard InChI is InChI=1S/C16H26N2O2S/c1-3-17-10-8-14-6-4-5-7-15(14)12-18(2)16-9-11-21(19,20)13-16/h4-7,16-17H,3,8-13H2,1-2H3. The molecule has 1 atom stereocenters. The molecular formula is C16H26N2O2S. The molecular weight excluding hydrogens is 284 g/mol. The molecule has 1 heterocycles. The number of benzene rings is 1. The molecule has 0 aliphatic carbocycles. The molecule has 21 heavy (non-hydrogen) atoms. The van der Waals surface area contributed by atoms with Crippen molar-refractivity contribution >= 4 is 9.84 Å². The van der Waals surface area contributed by atoms with E-state index in [1.54, 1.807) is 0 Å². The van der Waals surface area contributed by atoms with Crippen LogP contribution in [0.25, 0.3) is 0 Å². The highest BCUT2D eigenvalue weighted by Gasteiger charge is 2.30. The van der Waals surface area contributed by atoms with Crippen LogP contribution in [0.4, 0.5) is 0 Å². The fourth-order valence-corrected chi connectivity index (χ4v) is 4.68. The molecule has 1 aromatic rings. The van der Waals surface area contributed by atoms with Crippen LogP contribution in [0.2, 0.25) is 0 Å². The minimum absolute atomic E-state index is 0.164. The maximum Gasteiger partial charge on any atom is 0.151 e. The van der Waals surface area contributed by atoms with Crippen LogP contribution in [-0.4, -0.2) is 51.0 Å². The maximum absolute atomic E-state index is 11.6. The zero-order chi connectivity index (χ0) is 15.3. The van der Waals surface area contributed by atoms with Crippen LogP contribution in [0.1, 0.15) is 24.5 Å². The molecule has 1 aromatic carbocycles. The van der Waals surface area contributed by atoms with Crippen molar-refractivity contribution in [2.75, 3.05) is 31.6 Å². The van der Waals surface area contributed by atoms with E-state index in [2.05, 4.69) is 41.4 Å². The van der Waals surface area contributed by atoms with Gasteiger partial charge in [-0.05, 0) is 44.1 Å². The minimum atomic E-state index is -2.81. The van der Waals surface area contributed by atoms with E-state index in [1.807, 2.05) is 7.05 Å². The van der Waals surface area contributed by atoms with Gasteiger partial charge in [-0.25, -0.2) is 8.42 Å². The lowest BCUT2D eigenvalue weighted by atomic mass is 10.0. The Morgan fingerprint density at radius 1 is 1.29 bits per heavy atom. The lowest BCUT2D eigenvalue weighted by Gasteiger charge is -2.24. The molecule has 1 aliphatic heterocycles. The highest BCUT2D eigenvalue weighted by molar-refractivity contribution is 7.91. The van der Waals surface area contributed by atoms with Gasteiger partial charge in [-0.1, -0.05) is 31.2 Å². The van der Waals surface area contributed by atoms with Crippen LogP contribution in [0.5, 0.6) is 0 Å². The van der Waals surface area contributed by atoms with Crippen molar-refractivity contribution in [3.63, 3.8) is 0 Å². The molecule has 5 heteroatoms. The van der Waals surface area contributed by atoms with E-state index >= 15 is 0 Å². The van der Waals surface area contributed by atoms with Crippen molar-refractivity contribution in [1.82, 2.24) is 10.2 Å². The Morgan fingerprint density at radius 3 is 2.62 bits per heavy atom. The Labute approximate surface area is 128 Å².